The fourth-order valence-electron chi connectivity index (χ4n) is 2.19. The molecule has 0 saturated carbocycles. The molecule has 2 atom stereocenters. The van der Waals surface area contributed by atoms with Crippen LogP contribution in [-0.2, 0) is 28.6 Å². The Morgan fingerprint density at radius 3 is 1.89 bits per heavy atom. The molecule has 8 nitrogen and oxygen atoms in total. The van der Waals surface area contributed by atoms with E-state index in [1.165, 1.54) is 6.08 Å². The van der Waals surface area contributed by atoms with Crippen LogP contribution in [0.25, 0.3) is 0 Å². The number of hydrogen-bond donors (Lipinski definition) is 1. The molecule has 9 heteroatoms. The monoisotopic (exact) mass is 421 g/mol. The fourth-order valence-corrected chi connectivity index (χ4v) is 2.79. The number of carbonyl (C=O) groups is 2. The summed E-state index contributed by atoms with van der Waals surface area (Å²) >= 11 is 0. The zero-order valence-electron chi connectivity index (χ0n) is 18.4. The van der Waals surface area contributed by atoms with Gasteiger partial charge in [-0.05, 0) is 60.0 Å². The van der Waals surface area contributed by atoms with Crippen LogP contribution in [0.5, 0.6) is 0 Å². The number of rotatable bonds is 8. The topological polar surface area (TPSA) is 108 Å². The van der Waals surface area contributed by atoms with Gasteiger partial charge in [-0.1, -0.05) is 13.8 Å². The molecule has 0 spiro atoms. The second-order valence-electron chi connectivity index (χ2n) is 9.04. The Balaban J connectivity index is 5.60. The first kappa shape index (κ1) is 26.4. The molecule has 0 aromatic heterocycles. The van der Waals surface area contributed by atoms with Gasteiger partial charge in [-0.15, -0.1) is 0 Å². The molecule has 164 valence electrons. The van der Waals surface area contributed by atoms with E-state index in [4.69, 9.17) is 13.7 Å². The van der Waals surface area contributed by atoms with Gasteiger partial charge in [0.15, 0.2) is 0 Å². The number of esters is 1. The van der Waals surface area contributed by atoms with Crippen molar-refractivity contribution in [2.45, 2.75) is 85.2 Å². The minimum atomic E-state index is -3.85. The Labute approximate surface area is 169 Å². The highest BCUT2D eigenvalue weighted by Crippen LogP contribution is 2.16. The van der Waals surface area contributed by atoms with Crippen LogP contribution in [0.15, 0.2) is 12.2 Å². The van der Waals surface area contributed by atoms with E-state index in [1.807, 2.05) is 13.8 Å². The average Bonchev–Trinajstić information content (AvgIpc) is 2.36. The highest BCUT2D eigenvalue weighted by Gasteiger charge is 2.29. The number of carbonyl (C=O) groups excluding carboxylic acids is 2. The predicted molar refractivity (Wildman–Crippen MR) is 107 cm³/mol. The van der Waals surface area contributed by atoms with E-state index in [2.05, 4.69) is 5.32 Å². The maximum atomic E-state index is 12.2. The van der Waals surface area contributed by atoms with Crippen molar-refractivity contribution in [2.75, 3.05) is 6.26 Å². The summed E-state index contributed by atoms with van der Waals surface area (Å²) in [7, 11) is -3.85. The maximum Gasteiger partial charge on any atom is 0.407 e. The van der Waals surface area contributed by atoms with Crippen molar-refractivity contribution >= 4 is 22.2 Å². The van der Waals surface area contributed by atoms with Crippen LogP contribution >= 0.6 is 0 Å². The molecular weight excluding hydrogens is 386 g/mol. The van der Waals surface area contributed by atoms with Gasteiger partial charge in [0.1, 0.15) is 17.3 Å². The summed E-state index contributed by atoms with van der Waals surface area (Å²) in [4.78, 5) is 24.1. The van der Waals surface area contributed by atoms with E-state index in [-0.39, 0.29) is 5.92 Å². The van der Waals surface area contributed by atoms with Crippen LogP contribution in [0.2, 0.25) is 0 Å². The van der Waals surface area contributed by atoms with E-state index < -0.39 is 45.5 Å². The maximum absolute atomic E-state index is 12.2. The van der Waals surface area contributed by atoms with Crippen LogP contribution in [0.4, 0.5) is 4.79 Å². The third-order valence-corrected chi connectivity index (χ3v) is 3.51. The summed E-state index contributed by atoms with van der Waals surface area (Å²) in [5, 5.41) is 2.65. The van der Waals surface area contributed by atoms with Gasteiger partial charge in [0.2, 0.25) is 0 Å². The Morgan fingerprint density at radius 2 is 1.50 bits per heavy atom. The zero-order valence-corrected chi connectivity index (χ0v) is 19.2. The quantitative estimate of drug-likeness (QED) is 0.364. The predicted octanol–water partition coefficient (Wildman–Crippen LogP) is 3.17. The molecule has 1 N–H and O–H groups in total. The third-order valence-electron chi connectivity index (χ3n) is 2.94. The fraction of sp³-hybridized carbons (Fsp3) is 0.789. The lowest BCUT2D eigenvalue weighted by atomic mass is 9.99. The molecule has 0 bridgehead atoms. The first-order valence-electron chi connectivity index (χ1n) is 9.17. The van der Waals surface area contributed by atoms with Gasteiger partial charge in [0, 0.05) is 6.08 Å². The lowest BCUT2D eigenvalue weighted by Gasteiger charge is -2.28. The van der Waals surface area contributed by atoms with Crippen molar-refractivity contribution < 1.29 is 31.7 Å². The van der Waals surface area contributed by atoms with Crippen molar-refractivity contribution in [3.8, 4) is 0 Å². The van der Waals surface area contributed by atoms with Gasteiger partial charge in [0.05, 0.1) is 12.3 Å². The number of ether oxygens (including phenoxy) is 2. The average molecular weight is 422 g/mol. The second kappa shape index (κ2) is 10.2. The normalized spacial score (nSPS) is 15.4. The van der Waals surface area contributed by atoms with Crippen molar-refractivity contribution in [1.29, 1.82) is 0 Å². The summed E-state index contributed by atoms with van der Waals surface area (Å²) in [6.45, 7) is 14.1. The summed E-state index contributed by atoms with van der Waals surface area (Å²) in [5.41, 5.74) is -1.41. The van der Waals surface area contributed by atoms with Crippen molar-refractivity contribution in [1.82, 2.24) is 5.32 Å². The summed E-state index contributed by atoms with van der Waals surface area (Å²) < 4.78 is 39.0. The summed E-state index contributed by atoms with van der Waals surface area (Å²) in [6.07, 6.45) is 1.88. The molecule has 0 aromatic carbocycles. The number of alkyl carbamates (subject to hydrolysis) is 1. The van der Waals surface area contributed by atoms with Crippen molar-refractivity contribution in [2.24, 2.45) is 5.92 Å². The Morgan fingerprint density at radius 1 is 1.00 bits per heavy atom. The highest BCUT2D eigenvalue weighted by atomic mass is 32.2. The molecule has 0 fully saturated rings. The van der Waals surface area contributed by atoms with Crippen molar-refractivity contribution in [3.05, 3.63) is 12.2 Å². The molecular formula is C19H35NO7S. The molecule has 0 aliphatic carbocycles. The van der Waals surface area contributed by atoms with E-state index in [1.54, 1.807) is 41.5 Å². The van der Waals surface area contributed by atoms with Gasteiger partial charge in [-0.2, -0.15) is 8.42 Å². The molecule has 0 aliphatic heterocycles. The minimum absolute atomic E-state index is 0.112. The lowest BCUT2D eigenvalue weighted by molar-refractivity contribution is -0.148. The summed E-state index contributed by atoms with van der Waals surface area (Å²) in [6, 6.07) is -0.733. The molecule has 0 radical (unpaired) electrons. The van der Waals surface area contributed by atoms with Gasteiger partial charge < -0.3 is 14.8 Å². The van der Waals surface area contributed by atoms with Gasteiger partial charge >= 0.3 is 12.1 Å². The third kappa shape index (κ3) is 14.4. The van der Waals surface area contributed by atoms with E-state index in [9.17, 15) is 18.0 Å². The number of hydrogen-bond acceptors (Lipinski definition) is 7. The second-order valence-corrected chi connectivity index (χ2v) is 10.6. The van der Waals surface area contributed by atoms with Crippen LogP contribution < -0.4 is 5.32 Å². The Hall–Kier alpha value is -1.61. The Bertz CT molecular complexity index is 655. The molecule has 0 unspecified atom stereocenters. The van der Waals surface area contributed by atoms with E-state index >= 15 is 0 Å². The van der Waals surface area contributed by atoms with Gasteiger partial charge in [-0.25, -0.2) is 9.59 Å². The molecule has 1 amide bonds. The van der Waals surface area contributed by atoms with E-state index in [0.717, 1.165) is 12.3 Å². The zero-order chi connectivity index (χ0) is 22.3. The van der Waals surface area contributed by atoms with Crippen LogP contribution in [0.1, 0.15) is 61.8 Å². The molecule has 0 saturated heterocycles. The van der Waals surface area contributed by atoms with Gasteiger partial charge in [-0.3, -0.25) is 4.18 Å². The SMILES string of the molecule is CC(C)C[C@H](NC(=O)OC(C)(C)C)[C@H](/C=C\C(=O)OC(C)(C)C)OS(C)(=O)=O. The first-order valence-corrected chi connectivity index (χ1v) is 11.0. The first-order chi connectivity index (χ1) is 12.4. The molecule has 0 aliphatic rings. The van der Waals surface area contributed by atoms with Crippen LogP contribution in [-0.4, -0.2) is 50.1 Å². The molecule has 28 heavy (non-hydrogen) atoms. The van der Waals surface area contributed by atoms with Crippen LogP contribution in [0, 0.1) is 5.92 Å². The van der Waals surface area contributed by atoms with Crippen LogP contribution in [0.3, 0.4) is 0 Å². The smallest absolute Gasteiger partial charge is 0.407 e. The highest BCUT2D eigenvalue weighted by molar-refractivity contribution is 7.86. The molecule has 0 aromatic rings. The minimum Gasteiger partial charge on any atom is -0.457 e. The lowest BCUT2D eigenvalue weighted by Crippen LogP contribution is -2.47. The Kier molecular flexibility index (Phi) is 9.66. The van der Waals surface area contributed by atoms with Crippen molar-refractivity contribution in [3.63, 3.8) is 0 Å². The van der Waals surface area contributed by atoms with E-state index in [0.29, 0.717) is 6.42 Å². The standard InChI is InChI=1S/C19H35NO7S/c1-13(2)12-14(20-17(22)26-19(6,7)8)15(27-28(9,23)24)10-11-16(21)25-18(3,4)5/h10-11,13-15H,12H2,1-9H3,(H,20,22)/b11-10-/t14-,15-/m0/s1. The van der Waals surface area contributed by atoms with Gasteiger partial charge in [0.25, 0.3) is 10.1 Å². The molecule has 0 heterocycles. The molecule has 0 rings (SSSR count). The number of amides is 1. The number of nitrogens with one attached hydrogen (secondary N) is 1. The summed E-state index contributed by atoms with van der Waals surface area (Å²) in [5.74, 6) is -0.532. The largest absolute Gasteiger partial charge is 0.457 e.